The van der Waals surface area contributed by atoms with Gasteiger partial charge in [-0.15, -0.1) is 0 Å². The molecule has 0 bridgehead atoms. The summed E-state index contributed by atoms with van der Waals surface area (Å²) < 4.78 is 23.2. The largest absolute Gasteiger partial charge is 0.481 e. The highest BCUT2D eigenvalue weighted by molar-refractivity contribution is 5.76. The van der Waals surface area contributed by atoms with Crippen molar-refractivity contribution >= 4 is 11.9 Å². The maximum atomic E-state index is 13.0. The van der Waals surface area contributed by atoms with Crippen molar-refractivity contribution in [2.45, 2.75) is 174 Å². The van der Waals surface area contributed by atoms with Crippen LogP contribution in [-0.4, -0.2) is 116 Å². The van der Waals surface area contributed by atoms with Gasteiger partial charge in [-0.25, -0.2) is 4.79 Å². The van der Waals surface area contributed by atoms with E-state index in [0.717, 1.165) is 51.4 Å². The molecule has 7 N–H and O–H groups in total. The first-order valence-electron chi connectivity index (χ1n) is 20.2. The third kappa shape index (κ3) is 5.88. The summed E-state index contributed by atoms with van der Waals surface area (Å²) >= 11 is 0. The minimum absolute atomic E-state index is 0.0291. The van der Waals surface area contributed by atoms with Gasteiger partial charge in [0.25, 0.3) is 0 Å². The van der Waals surface area contributed by atoms with Crippen LogP contribution in [0.15, 0.2) is 11.6 Å². The molecular weight excluding hydrogens is 700 g/mol. The van der Waals surface area contributed by atoms with Gasteiger partial charge >= 0.3 is 11.9 Å². The average molecular weight is 765 g/mol. The van der Waals surface area contributed by atoms with Gasteiger partial charge in [-0.2, -0.15) is 0 Å². The zero-order valence-corrected chi connectivity index (χ0v) is 32.9. The monoisotopic (exact) mass is 764 g/mol. The van der Waals surface area contributed by atoms with E-state index < -0.39 is 90.8 Å². The van der Waals surface area contributed by atoms with Crippen LogP contribution in [0.2, 0.25) is 0 Å². The van der Waals surface area contributed by atoms with E-state index in [9.17, 15) is 45.3 Å². The molecule has 7 rings (SSSR count). The molecule has 0 aromatic rings. The number of rotatable bonds is 6. The molecule has 0 aromatic heterocycles. The predicted molar refractivity (Wildman–Crippen MR) is 192 cm³/mol. The van der Waals surface area contributed by atoms with Crippen LogP contribution < -0.4 is 0 Å². The summed E-state index contributed by atoms with van der Waals surface area (Å²) in [5.74, 6) is -1.50. The fourth-order valence-corrected chi connectivity index (χ4v) is 13.4. The summed E-state index contributed by atoms with van der Waals surface area (Å²) in [6.45, 7) is 15.9. The van der Waals surface area contributed by atoms with Gasteiger partial charge in [0, 0.05) is 0 Å². The van der Waals surface area contributed by atoms with E-state index >= 15 is 0 Å². The molecule has 0 spiro atoms. The van der Waals surface area contributed by atoms with Crippen molar-refractivity contribution in [1.29, 1.82) is 0 Å². The molecule has 17 atom stereocenters. The predicted octanol–water partition coefficient (Wildman–Crippen LogP) is 3.61. The Morgan fingerprint density at radius 1 is 0.759 bits per heavy atom. The molecule has 0 aromatic carbocycles. The van der Waals surface area contributed by atoms with Crippen molar-refractivity contribution < 1.29 is 64.3 Å². The van der Waals surface area contributed by atoms with Crippen molar-refractivity contribution in [3.05, 3.63) is 11.6 Å². The molecule has 13 heteroatoms. The van der Waals surface area contributed by atoms with Crippen molar-refractivity contribution in [1.82, 2.24) is 0 Å². The summed E-state index contributed by atoms with van der Waals surface area (Å²) in [6.07, 6.45) is -4.32. The van der Waals surface area contributed by atoms with Gasteiger partial charge in [0.15, 0.2) is 18.7 Å². The third-order valence-corrected chi connectivity index (χ3v) is 16.8. The van der Waals surface area contributed by atoms with Gasteiger partial charge in [0.05, 0.1) is 18.1 Å². The Hall–Kier alpha value is -1.68. The number of aliphatic hydroxyl groups excluding tert-OH is 5. The van der Waals surface area contributed by atoms with Crippen LogP contribution in [0, 0.1) is 50.2 Å². The number of fused-ring (bicyclic) bond motifs is 7. The Morgan fingerprint density at radius 3 is 2.09 bits per heavy atom. The maximum Gasteiger partial charge on any atom is 0.335 e. The molecule has 4 saturated carbocycles. The topological polar surface area (TPSA) is 213 Å². The fraction of sp³-hybridized carbons (Fsp3) is 0.902. The number of carboxylic acids is 2. The van der Waals surface area contributed by atoms with Crippen LogP contribution in [0.1, 0.15) is 113 Å². The van der Waals surface area contributed by atoms with Gasteiger partial charge in [-0.1, -0.05) is 60.1 Å². The lowest BCUT2D eigenvalue weighted by Gasteiger charge is -2.71. The van der Waals surface area contributed by atoms with Crippen molar-refractivity contribution in [2.24, 2.45) is 50.2 Å². The number of carboxylic acid groups (broad SMARTS) is 2. The first kappa shape index (κ1) is 40.5. The van der Waals surface area contributed by atoms with E-state index in [1.807, 2.05) is 0 Å². The molecule has 306 valence electrons. The van der Waals surface area contributed by atoms with E-state index in [0.29, 0.717) is 18.8 Å². The first-order chi connectivity index (χ1) is 25.0. The zero-order valence-electron chi connectivity index (χ0n) is 32.9. The molecule has 0 amide bonds. The van der Waals surface area contributed by atoms with Crippen LogP contribution in [0.3, 0.4) is 0 Å². The van der Waals surface area contributed by atoms with E-state index in [1.54, 1.807) is 0 Å². The van der Waals surface area contributed by atoms with Gasteiger partial charge in [0.2, 0.25) is 0 Å². The number of ether oxygens (including phenoxy) is 4. The Kier molecular flexibility index (Phi) is 10.1. The average Bonchev–Trinajstić information content (AvgIpc) is 3.08. The van der Waals surface area contributed by atoms with Gasteiger partial charge in [-0.05, 0) is 109 Å². The zero-order chi connectivity index (χ0) is 39.6. The number of hydrogen-bond donors (Lipinski definition) is 7. The van der Waals surface area contributed by atoms with E-state index in [4.69, 9.17) is 18.9 Å². The van der Waals surface area contributed by atoms with Crippen molar-refractivity contribution in [3.8, 4) is 0 Å². The Bertz CT molecular complexity index is 1510. The third-order valence-electron chi connectivity index (χ3n) is 16.8. The minimum atomic E-state index is -1.80. The lowest BCUT2D eigenvalue weighted by Crippen LogP contribution is -2.66. The summed E-state index contributed by atoms with van der Waals surface area (Å²) in [5, 5.41) is 73.5. The Labute approximate surface area is 318 Å². The van der Waals surface area contributed by atoms with Crippen molar-refractivity contribution in [3.63, 3.8) is 0 Å². The van der Waals surface area contributed by atoms with Crippen molar-refractivity contribution in [2.75, 3.05) is 6.61 Å². The van der Waals surface area contributed by atoms with Crippen LogP contribution in [0.4, 0.5) is 0 Å². The highest BCUT2D eigenvalue weighted by Gasteiger charge is 2.69. The van der Waals surface area contributed by atoms with Crippen LogP contribution >= 0.6 is 0 Å². The molecule has 2 heterocycles. The number of hydrogen-bond acceptors (Lipinski definition) is 11. The molecular formula is C41H64O13. The van der Waals surface area contributed by atoms with E-state index in [1.165, 1.54) is 5.57 Å². The molecule has 7 aliphatic rings. The number of aliphatic hydroxyl groups is 5. The summed E-state index contributed by atoms with van der Waals surface area (Å²) in [7, 11) is 0. The lowest BCUT2D eigenvalue weighted by atomic mass is 9.33. The SMILES string of the molecule is CC1(C)CC[C@]2(C(=O)O)CC[C@]3(C)C(=CC[C@H]4[C@@]5(C)CC[C@H](O[C@@H]6O[C@H](C(=O)O)[C@@H](O[C@@H]7OC[C@@H](O)[C@H](O)[C@H]7O)[C@H](O)[C@H]6O)C(C)(C)[C@H]5CC[C@]43C)[C@@H]2C1. The van der Waals surface area contributed by atoms with E-state index in [2.05, 4.69) is 54.5 Å². The quantitative estimate of drug-likeness (QED) is 0.152. The lowest BCUT2D eigenvalue weighted by molar-refractivity contribution is -0.354. The second kappa shape index (κ2) is 13.4. The van der Waals surface area contributed by atoms with E-state index in [-0.39, 0.29) is 33.5 Å². The number of allylic oxidation sites excluding steroid dienone is 2. The maximum absolute atomic E-state index is 13.0. The first-order valence-corrected chi connectivity index (χ1v) is 20.2. The fourth-order valence-electron chi connectivity index (χ4n) is 13.4. The van der Waals surface area contributed by atoms with Crippen LogP contribution in [-0.2, 0) is 28.5 Å². The van der Waals surface area contributed by atoms with Gasteiger partial charge < -0.3 is 54.7 Å². The Balaban J connectivity index is 1.10. The summed E-state index contributed by atoms with van der Waals surface area (Å²) in [5.41, 5.74) is 0.156. The molecule has 0 unspecified atom stereocenters. The molecule has 2 saturated heterocycles. The standard InChI is InChI=1S/C41H64O13/c1-36(2)14-16-41(35(49)50)17-15-39(6)20(21(41)18-36)8-9-24-38(5)12-11-25(37(3,4)23(38)10-13-40(24,39)7)52-34-29(46)27(44)30(31(54-34)32(47)48)53-33-28(45)26(43)22(42)19-51-33/h8,21-31,33-34,42-46H,9-19H2,1-7H3,(H,47,48)(H,49,50)/t21-,22+,23+,24-,25-,26-,27+,28+,29+,30-,31-,33-,34+,38-,39+,40+,41-/m0/s1. The second-order valence-electron chi connectivity index (χ2n) is 20.3. The minimum Gasteiger partial charge on any atom is -0.481 e. The van der Waals surface area contributed by atoms with Gasteiger partial charge in [-0.3, -0.25) is 4.79 Å². The smallest absolute Gasteiger partial charge is 0.335 e. The molecule has 5 aliphatic carbocycles. The molecule has 0 radical (unpaired) electrons. The molecule has 2 aliphatic heterocycles. The second-order valence-corrected chi connectivity index (χ2v) is 20.3. The summed E-state index contributed by atoms with van der Waals surface area (Å²) in [4.78, 5) is 25.4. The summed E-state index contributed by atoms with van der Waals surface area (Å²) in [6, 6.07) is 0. The Morgan fingerprint density at radius 2 is 1.43 bits per heavy atom. The number of carbonyl (C=O) groups is 2. The molecule has 13 nitrogen and oxygen atoms in total. The van der Waals surface area contributed by atoms with Gasteiger partial charge in [0.1, 0.15) is 36.6 Å². The molecule has 54 heavy (non-hydrogen) atoms. The highest BCUT2D eigenvalue weighted by Crippen LogP contribution is 2.76. The molecule has 6 fully saturated rings. The number of aliphatic carboxylic acids is 2. The normalized spacial score (nSPS) is 52.4. The van der Waals surface area contributed by atoms with Crippen LogP contribution in [0.5, 0.6) is 0 Å². The highest BCUT2D eigenvalue weighted by atomic mass is 16.7. The van der Waals surface area contributed by atoms with Crippen LogP contribution in [0.25, 0.3) is 0 Å².